The van der Waals surface area contributed by atoms with Crippen molar-refractivity contribution in [3.8, 4) is 0 Å². The number of likely N-dealkylation sites (N-methyl/N-ethyl adjacent to an activating group) is 1. The Morgan fingerprint density at radius 2 is 0.904 bits per heavy atom. The molecule has 2 aromatic rings. The summed E-state index contributed by atoms with van der Waals surface area (Å²) >= 11 is 0. The topological polar surface area (TPSA) is 92.0 Å². The fourth-order valence-corrected chi connectivity index (χ4v) is 11.1. The normalized spacial score (nSPS) is 30.7. The predicted octanol–water partition coefficient (Wildman–Crippen LogP) is 7.20. The third kappa shape index (κ3) is 8.02. The van der Waals surface area contributed by atoms with E-state index >= 15 is 0 Å². The Morgan fingerprint density at radius 1 is 0.558 bits per heavy atom. The van der Waals surface area contributed by atoms with Crippen molar-refractivity contribution >= 4 is 12.1 Å². The first-order valence-electron chi connectivity index (χ1n) is 21.0. The predicted molar refractivity (Wildman–Crippen MR) is 207 cm³/mol. The van der Waals surface area contributed by atoms with Crippen molar-refractivity contribution in [1.82, 2.24) is 36.0 Å². The van der Waals surface area contributed by atoms with Gasteiger partial charge in [-0.3, -0.25) is 9.80 Å². The number of urea groups is 2. The Balaban J connectivity index is 0.631. The van der Waals surface area contributed by atoms with Crippen LogP contribution >= 0.6 is 0 Å². The first-order valence-corrected chi connectivity index (χ1v) is 21.0. The molecule has 4 fully saturated rings. The van der Waals surface area contributed by atoms with Gasteiger partial charge in [-0.1, -0.05) is 48.5 Å². The maximum atomic E-state index is 12.6. The molecule has 4 heterocycles. The SMILES string of the molecule is CN(CCNC(=O)NC1CCC(CCN2C3CCC2c2ccccc23)CC1)CCNC(=O)NC1CCC(CCN2C3CCC2c2ccccc23)CC1. The standard InChI is InChI=1S/C43H63N7O2/c1-48(28-24-44-42(51)46-32-14-10-30(11-15-32)22-26-49-38-18-19-39(49)35-7-3-2-6-34(35)38)29-25-45-43(52)47-33-16-12-31(13-17-33)23-27-50-40-20-21-41(50)37-9-5-4-8-36(37)40/h2-9,30-33,38-41H,10-29H2,1H3,(H2,44,46,51)(H2,45,47,52). The van der Waals surface area contributed by atoms with Crippen LogP contribution in [-0.4, -0.2) is 85.2 Å². The zero-order chi connectivity index (χ0) is 35.4. The molecule has 4 unspecified atom stereocenters. The minimum Gasteiger partial charge on any atom is -0.337 e. The van der Waals surface area contributed by atoms with Gasteiger partial charge < -0.3 is 26.2 Å². The van der Waals surface area contributed by atoms with Crippen LogP contribution < -0.4 is 21.3 Å². The molecule has 52 heavy (non-hydrogen) atoms. The summed E-state index contributed by atoms with van der Waals surface area (Å²) in [7, 11) is 2.04. The number of amides is 4. The maximum absolute atomic E-state index is 12.6. The minimum absolute atomic E-state index is 0.0517. The lowest BCUT2D eigenvalue weighted by atomic mass is 9.84. The number of hydrogen-bond donors (Lipinski definition) is 4. The molecule has 2 saturated heterocycles. The third-order valence-electron chi connectivity index (χ3n) is 14.0. The molecule has 282 valence electrons. The summed E-state index contributed by atoms with van der Waals surface area (Å²) in [5.74, 6) is 1.54. The Morgan fingerprint density at radius 3 is 1.25 bits per heavy atom. The molecule has 4 aliphatic heterocycles. The van der Waals surface area contributed by atoms with Crippen LogP contribution in [0.15, 0.2) is 48.5 Å². The molecular formula is C43H63N7O2. The molecule has 2 aliphatic carbocycles. The third-order valence-corrected chi connectivity index (χ3v) is 14.0. The van der Waals surface area contributed by atoms with E-state index in [0.29, 0.717) is 37.3 Å². The number of rotatable bonds is 14. The van der Waals surface area contributed by atoms with Gasteiger partial charge in [-0.05, 0) is 144 Å². The molecule has 0 radical (unpaired) electrons. The molecule has 8 rings (SSSR count). The summed E-state index contributed by atoms with van der Waals surface area (Å²) in [6, 6.07) is 21.2. The van der Waals surface area contributed by atoms with Gasteiger partial charge in [0.05, 0.1) is 0 Å². The molecule has 0 aromatic heterocycles. The number of fused-ring (bicyclic) bond motifs is 10. The first kappa shape index (κ1) is 35.9. The van der Waals surface area contributed by atoms with E-state index in [9.17, 15) is 9.59 Å². The van der Waals surface area contributed by atoms with Gasteiger partial charge in [0.1, 0.15) is 0 Å². The zero-order valence-electron chi connectivity index (χ0n) is 31.5. The van der Waals surface area contributed by atoms with Crippen molar-refractivity contribution in [2.24, 2.45) is 11.8 Å². The molecular weight excluding hydrogens is 647 g/mol. The summed E-state index contributed by atoms with van der Waals surface area (Å²) < 4.78 is 0. The Bertz CT molecular complexity index is 1340. The van der Waals surface area contributed by atoms with Crippen LogP contribution in [0.1, 0.15) is 136 Å². The molecule has 0 spiro atoms. The number of nitrogens with one attached hydrogen (secondary N) is 4. The Hall–Kier alpha value is -3.14. The van der Waals surface area contributed by atoms with Crippen LogP contribution in [-0.2, 0) is 0 Å². The monoisotopic (exact) mass is 710 g/mol. The van der Waals surface area contributed by atoms with E-state index in [4.69, 9.17) is 0 Å². The molecule has 2 saturated carbocycles. The van der Waals surface area contributed by atoms with E-state index in [1.54, 1.807) is 22.3 Å². The quantitative estimate of drug-likeness (QED) is 0.167. The highest BCUT2D eigenvalue weighted by molar-refractivity contribution is 5.74. The summed E-state index contributed by atoms with van der Waals surface area (Å²) in [5, 5.41) is 12.6. The lowest BCUT2D eigenvalue weighted by molar-refractivity contribution is 0.185. The average Bonchev–Trinajstić information content (AvgIpc) is 3.92. The van der Waals surface area contributed by atoms with E-state index in [1.165, 1.54) is 77.3 Å². The smallest absolute Gasteiger partial charge is 0.315 e. The second-order valence-corrected chi connectivity index (χ2v) is 17.1. The average molecular weight is 710 g/mol. The highest BCUT2D eigenvalue weighted by atomic mass is 16.2. The van der Waals surface area contributed by atoms with Crippen molar-refractivity contribution < 1.29 is 9.59 Å². The molecule has 4 N–H and O–H groups in total. The first-order chi connectivity index (χ1) is 25.5. The van der Waals surface area contributed by atoms with Gasteiger partial charge in [-0.2, -0.15) is 0 Å². The zero-order valence-corrected chi connectivity index (χ0v) is 31.5. The van der Waals surface area contributed by atoms with Crippen molar-refractivity contribution in [2.75, 3.05) is 46.3 Å². The largest absolute Gasteiger partial charge is 0.337 e. The lowest BCUT2D eigenvalue weighted by Crippen LogP contribution is -2.47. The van der Waals surface area contributed by atoms with Crippen LogP contribution in [0.25, 0.3) is 0 Å². The molecule has 4 atom stereocenters. The summed E-state index contributed by atoms with van der Waals surface area (Å²) in [5.41, 5.74) is 6.31. The van der Waals surface area contributed by atoms with Crippen LogP contribution in [0.5, 0.6) is 0 Å². The van der Waals surface area contributed by atoms with Gasteiger partial charge in [-0.25, -0.2) is 9.59 Å². The van der Waals surface area contributed by atoms with Crippen molar-refractivity contribution in [1.29, 1.82) is 0 Å². The maximum Gasteiger partial charge on any atom is 0.315 e. The second-order valence-electron chi connectivity index (χ2n) is 17.1. The van der Waals surface area contributed by atoms with Gasteiger partial charge in [0, 0.05) is 62.4 Å². The number of hydrogen-bond acceptors (Lipinski definition) is 5. The summed E-state index contributed by atoms with van der Waals surface area (Å²) in [4.78, 5) is 33.0. The number of benzene rings is 2. The van der Waals surface area contributed by atoms with Gasteiger partial charge in [0.25, 0.3) is 0 Å². The minimum atomic E-state index is -0.0517. The molecule has 2 aromatic carbocycles. The van der Waals surface area contributed by atoms with Crippen molar-refractivity contribution in [2.45, 2.75) is 126 Å². The van der Waals surface area contributed by atoms with Crippen LogP contribution in [0.2, 0.25) is 0 Å². The van der Waals surface area contributed by atoms with Gasteiger partial charge in [0.15, 0.2) is 0 Å². The highest BCUT2D eigenvalue weighted by Gasteiger charge is 2.44. The van der Waals surface area contributed by atoms with Crippen LogP contribution in [0.4, 0.5) is 9.59 Å². The number of carbonyl (C=O) groups excluding carboxylic acids is 2. The molecule has 6 aliphatic rings. The summed E-state index contributed by atoms with van der Waals surface area (Å²) in [6.45, 7) is 5.11. The number of nitrogens with zero attached hydrogens (tertiary/aromatic N) is 3. The van der Waals surface area contributed by atoms with E-state index in [1.807, 2.05) is 7.05 Å². The van der Waals surface area contributed by atoms with Crippen LogP contribution in [0.3, 0.4) is 0 Å². The number of carbonyl (C=O) groups is 2. The van der Waals surface area contributed by atoms with Crippen molar-refractivity contribution in [3.63, 3.8) is 0 Å². The fraction of sp³-hybridized carbons (Fsp3) is 0.674. The highest BCUT2D eigenvalue weighted by Crippen LogP contribution is 2.54. The van der Waals surface area contributed by atoms with Gasteiger partial charge >= 0.3 is 12.1 Å². The summed E-state index contributed by atoms with van der Waals surface area (Å²) in [6.07, 6.45) is 17.0. The Kier molecular flexibility index (Phi) is 11.4. The molecule has 4 bridgehead atoms. The molecule has 4 amide bonds. The van der Waals surface area contributed by atoms with E-state index < -0.39 is 0 Å². The van der Waals surface area contributed by atoms with Crippen molar-refractivity contribution in [3.05, 3.63) is 70.8 Å². The molecule has 9 nitrogen and oxygen atoms in total. The van der Waals surface area contributed by atoms with Gasteiger partial charge in [0.2, 0.25) is 0 Å². The fourth-order valence-electron chi connectivity index (χ4n) is 11.1. The second kappa shape index (κ2) is 16.5. The Labute approximate surface area is 312 Å². The molecule has 9 heteroatoms. The van der Waals surface area contributed by atoms with E-state index in [-0.39, 0.29) is 24.1 Å². The lowest BCUT2D eigenvalue weighted by Gasteiger charge is -2.31. The van der Waals surface area contributed by atoms with Gasteiger partial charge in [-0.15, -0.1) is 0 Å². The van der Waals surface area contributed by atoms with E-state index in [0.717, 1.165) is 50.6 Å². The van der Waals surface area contributed by atoms with E-state index in [2.05, 4.69) is 84.5 Å². The van der Waals surface area contributed by atoms with Crippen LogP contribution in [0, 0.1) is 11.8 Å².